The van der Waals surface area contributed by atoms with Crippen molar-refractivity contribution in [2.75, 3.05) is 16.0 Å². The van der Waals surface area contributed by atoms with Gasteiger partial charge in [0.05, 0.1) is 0 Å². The Morgan fingerprint density at radius 2 is 1.38 bits per heavy atom. The van der Waals surface area contributed by atoms with E-state index in [1.165, 1.54) is 11.3 Å². The molecule has 0 radical (unpaired) electrons. The van der Waals surface area contributed by atoms with E-state index in [2.05, 4.69) is 20.9 Å². The normalized spacial score (nSPS) is 10.0. The van der Waals surface area contributed by atoms with Crippen LogP contribution in [0, 0.1) is 0 Å². The average Bonchev–Trinajstić information content (AvgIpc) is 3.05. The van der Waals surface area contributed by atoms with Gasteiger partial charge in [-0.05, 0) is 24.3 Å². The van der Waals surface area contributed by atoms with Crippen LogP contribution in [0.3, 0.4) is 0 Å². The van der Waals surface area contributed by atoms with Crippen molar-refractivity contribution in [3.63, 3.8) is 0 Å². The number of amides is 3. The van der Waals surface area contributed by atoms with Crippen LogP contribution in [0.25, 0.3) is 0 Å². The van der Waals surface area contributed by atoms with Gasteiger partial charge in [0, 0.05) is 16.8 Å². The van der Waals surface area contributed by atoms with Crippen molar-refractivity contribution in [1.29, 1.82) is 0 Å². The van der Waals surface area contributed by atoms with Gasteiger partial charge in [-0.25, -0.2) is 9.78 Å². The Balaban J connectivity index is 1.59. The quantitative estimate of drug-likeness (QED) is 0.671. The van der Waals surface area contributed by atoms with Gasteiger partial charge in [-0.1, -0.05) is 36.4 Å². The minimum Gasteiger partial charge on any atom is -0.321 e. The van der Waals surface area contributed by atoms with Crippen LogP contribution in [0.15, 0.2) is 66.0 Å². The predicted octanol–water partition coefficient (Wildman–Crippen LogP) is 4.04. The largest absolute Gasteiger partial charge is 0.325 e. The van der Waals surface area contributed by atoms with Crippen molar-refractivity contribution < 1.29 is 9.59 Å². The van der Waals surface area contributed by atoms with Crippen LogP contribution in [0.5, 0.6) is 0 Å². The van der Waals surface area contributed by atoms with Crippen molar-refractivity contribution >= 4 is 39.8 Å². The fourth-order valence-electron chi connectivity index (χ4n) is 1.93. The minimum atomic E-state index is -0.412. The summed E-state index contributed by atoms with van der Waals surface area (Å²) in [7, 11) is 0. The summed E-state index contributed by atoms with van der Waals surface area (Å²) in [5, 5.41) is 9.98. The molecular weight excluding hydrogens is 324 g/mol. The van der Waals surface area contributed by atoms with Gasteiger partial charge in [0.2, 0.25) is 0 Å². The Kier molecular flexibility index (Phi) is 4.83. The maximum atomic E-state index is 12.1. The first kappa shape index (κ1) is 15.7. The highest BCUT2D eigenvalue weighted by molar-refractivity contribution is 7.14. The molecule has 24 heavy (non-hydrogen) atoms. The number of benzene rings is 2. The Morgan fingerprint density at radius 3 is 2.00 bits per heavy atom. The number of nitrogens with one attached hydrogen (secondary N) is 3. The fourth-order valence-corrected chi connectivity index (χ4v) is 2.62. The second kappa shape index (κ2) is 7.38. The van der Waals surface area contributed by atoms with E-state index in [4.69, 9.17) is 0 Å². The van der Waals surface area contributed by atoms with Crippen LogP contribution in [0.4, 0.5) is 21.3 Å². The number of nitrogens with zero attached hydrogens (tertiary/aromatic N) is 1. The zero-order valence-electron chi connectivity index (χ0n) is 12.5. The number of para-hydroxylation sites is 2. The Morgan fingerprint density at radius 1 is 0.792 bits per heavy atom. The van der Waals surface area contributed by atoms with Crippen LogP contribution >= 0.6 is 11.3 Å². The second-order valence-corrected chi connectivity index (χ2v) is 5.66. The number of carbonyl (C=O) groups excluding carboxylic acids is 2. The Hall–Kier alpha value is -3.19. The molecule has 2 aromatic carbocycles. The summed E-state index contributed by atoms with van der Waals surface area (Å²) in [5.74, 6) is -0.325. The number of hydrogen-bond acceptors (Lipinski definition) is 4. The number of anilines is 3. The first-order valence-corrected chi connectivity index (χ1v) is 8.03. The zero-order chi connectivity index (χ0) is 16.8. The number of thiazole rings is 1. The number of carbonyl (C=O) groups is 2. The monoisotopic (exact) mass is 338 g/mol. The van der Waals surface area contributed by atoms with Crippen molar-refractivity contribution in [3.8, 4) is 0 Å². The molecule has 0 spiro atoms. The number of rotatable bonds is 4. The van der Waals surface area contributed by atoms with Gasteiger partial charge < -0.3 is 10.6 Å². The molecule has 0 atom stereocenters. The summed E-state index contributed by atoms with van der Waals surface area (Å²) in [4.78, 5) is 28.1. The third kappa shape index (κ3) is 4.17. The van der Waals surface area contributed by atoms with E-state index in [0.717, 1.165) is 0 Å². The van der Waals surface area contributed by atoms with Crippen molar-refractivity contribution in [1.82, 2.24) is 4.98 Å². The predicted molar refractivity (Wildman–Crippen MR) is 95.6 cm³/mol. The molecular formula is C17H14N4O2S. The van der Waals surface area contributed by atoms with Crippen molar-refractivity contribution in [2.45, 2.75) is 0 Å². The SMILES string of the molecule is O=C(Nc1ccccc1)Nc1nc(C(=O)Nc2ccccc2)cs1. The summed E-state index contributed by atoms with van der Waals surface area (Å²) in [6.07, 6.45) is 0. The highest BCUT2D eigenvalue weighted by Gasteiger charge is 2.12. The van der Waals surface area contributed by atoms with Crippen LogP contribution in [0.2, 0.25) is 0 Å². The van der Waals surface area contributed by atoms with E-state index in [-0.39, 0.29) is 11.6 Å². The lowest BCUT2D eigenvalue weighted by molar-refractivity contribution is 0.102. The molecule has 0 bridgehead atoms. The van der Waals surface area contributed by atoms with E-state index < -0.39 is 6.03 Å². The zero-order valence-corrected chi connectivity index (χ0v) is 13.3. The van der Waals surface area contributed by atoms with Crippen LogP contribution in [0.1, 0.15) is 10.5 Å². The summed E-state index contributed by atoms with van der Waals surface area (Å²) in [6.45, 7) is 0. The Bertz CT molecular complexity index is 834. The summed E-state index contributed by atoms with van der Waals surface area (Å²) < 4.78 is 0. The summed E-state index contributed by atoms with van der Waals surface area (Å²) >= 11 is 1.18. The molecule has 7 heteroatoms. The molecule has 1 aromatic heterocycles. The number of urea groups is 1. The van der Waals surface area contributed by atoms with Gasteiger partial charge in [0.25, 0.3) is 5.91 Å². The second-order valence-electron chi connectivity index (χ2n) is 4.80. The molecule has 0 fully saturated rings. The molecule has 0 saturated heterocycles. The van der Waals surface area contributed by atoms with Crippen LogP contribution in [-0.4, -0.2) is 16.9 Å². The molecule has 3 N–H and O–H groups in total. The molecule has 120 valence electrons. The standard InChI is InChI=1S/C17H14N4O2S/c22-15(18-12-7-3-1-4-8-12)14-11-24-17(20-14)21-16(23)19-13-9-5-2-6-10-13/h1-11H,(H,18,22)(H2,19,20,21,23). The van der Waals surface area contributed by atoms with Gasteiger partial charge >= 0.3 is 6.03 Å². The summed E-state index contributed by atoms with van der Waals surface area (Å²) in [6, 6.07) is 17.8. The highest BCUT2D eigenvalue weighted by Crippen LogP contribution is 2.17. The van der Waals surface area contributed by atoms with Crippen LogP contribution < -0.4 is 16.0 Å². The van der Waals surface area contributed by atoms with Gasteiger partial charge in [-0.2, -0.15) is 0 Å². The first-order valence-electron chi connectivity index (χ1n) is 7.16. The van der Waals surface area contributed by atoms with Crippen molar-refractivity contribution in [2.24, 2.45) is 0 Å². The summed E-state index contributed by atoms with van der Waals surface area (Å²) in [5.41, 5.74) is 1.61. The lowest BCUT2D eigenvalue weighted by atomic mass is 10.3. The molecule has 3 aromatic rings. The lowest BCUT2D eigenvalue weighted by Gasteiger charge is -2.04. The number of aromatic nitrogens is 1. The van der Waals surface area contributed by atoms with E-state index >= 15 is 0 Å². The van der Waals surface area contributed by atoms with E-state index in [1.807, 2.05) is 36.4 Å². The van der Waals surface area contributed by atoms with Crippen LogP contribution in [-0.2, 0) is 0 Å². The van der Waals surface area contributed by atoms with Gasteiger partial charge in [0.1, 0.15) is 5.69 Å². The Labute approximate surface area is 142 Å². The lowest BCUT2D eigenvalue weighted by Crippen LogP contribution is -2.19. The van der Waals surface area contributed by atoms with E-state index in [1.54, 1.807) is 29.6 Å². The topological polar surface area (TPSA) is 83.1 Å². The van der Waals surface area contributed by atoms with E-state index in [9.17, 15) is 9.59 Å². The third-order valence-electron chi connectivity index (χ3n) is 3.02. The van der Waals surface area contributed by atoms with Gasteiger partial charge in [-0.3, -0.25) is 10.1 Å². The number of hydrogen-bond donors (Lipinski definition) is 3. The highest BCUT2D eigenvalue weighted by atomic mass is 32.1. The maximum absolute atomic E-state index is 12.1. The molecule has 1 heterocycles. The molecule has 0 aliphatic heterocycles. The smallest absolute Gasteiger partial charge is 0.321 e. The molecule has 0 saturated carbocycles. The molecule has 0 aliphatic rings. The molecule has 6 nitrogen and oxygen atoms in total. The first-order chi connectivity index (χ1) is 11.7. The molecule has 3 rings (SSSR count). The third-order valence-corrected chi connectivity index (χ3v) is 3.78. The van der Waals surface area contributed by atoms with Gasteiger partial charge in [0.15, 0.2) is 5.13 Å². The minimum absolute atomic E-state index is 0.249. The average molecular weight is 338 g/mol. The molecule has 0 unspecified atom stereocenters. The van der Waals surface area contributed by atoms with Gasteiger partial charge in [-0.15, -0.1) is 11.3 Å². The van der Waals surface area contributed by atoms with E-state index in [0.29, 0.717) is 16.5 Å². The molecule has 3 amide bonds. The maximum Gasteiger partial charge on any atom is 0.325 e. The molecule has 0 aliphatic carbocycles. The van der Waals surface area contributed by atoms with Crippen molar-refractivity contribution in [3.05, 3.63) is 71.7 Å². The fraction of sp³-hybridized carbons (Fsp3) is 0.